The summed E-state index contributed by atoms with van der Waals surface area (Å²) < 4.78 is 0. The molecule has 0 aromatic carbocycles. The lowest BCUT2D eigenvalue weighted by Crippen LogP contribution is -2.45. The first-order valence-corrected chi connectivity index (χ1v) is 8.13. The van der Waals surface area contributed by atoms with Crippen LogP contribution in [0.4, 0.5) is 0 Å². The summed E-state index contributed by atoms with van der Waals surface area (Å²) in [5.74, 6) is 0.913. The van der Waals surface area contributed by atoms with Crippen molar-refractivity contribution in [1.29, 1.82) is 0 Å². The monoisotopic (exact) mass is 250 g/mol. The molecule has 3 fully saturated rings. The highest BCUT2D eigenvalue weighted by Gasteiger charge is 2.38. The molecule has 18 heavy (non-hydrogen) atoms. The first-order valence-electron chi connectivity index (χ1n) is 8.13. The number of nitrogens with one attached hydrogen (secondary N) is 2. The van der Waals surface area contributed by atoms with Gasteiger partial charge in [-0.3, -0.25) is 0 Å². The highest BCUT2D eigenvalue weighted by Crippen LogP contribution is 2.39. The summed E-state index contributed by atoms with van der Waals surface area (Å²) in [7, 11) is 0. The van der Waals surface area contributed by atoms with Gasteiger partial charge in [-0.15, -0.1) is 0 Å². The van der Waals surface area contributed by atoms with Gasteiger partial charge in [0.05, 0.1) is 0 Å². The van der Waals surface area contributed by atoms with E-state index in [1.54, 1.807) is 0 Å². The van der Waals surface area contributed by atoms with Crippen molar-refractivity contribution >= 4 is 0 Å². The lowest BCUT2D eigenvalue weighted by Gasteiger charge is -2.29. The van der Waals surface area contributed by atoms with Crippen LogP contribution in [0.5, 0.6) is 0 Å². The average Bonchev–Trinajstić information content (AvgIpc) is 2.99. The molecule has 1 heterocycles. The van der Waals surface area contributed by atoms with Crippen LogP contribution in [0.3, 0.4) is 0 Å². The number of hydrogen-bond donors (Lipinski definition) is 2. The van der Waals surface area contributed by atoms with E-state index in [4.69, 9.17) is 0 Å². The van der Waals surface area contributed by atoms with Crippen molar-refractivity contribution in [3.05, 3.63) is 0 Å². The van der Waals surface area contributed by atoms with Crippen LogP contribution in [0.2, 0.25) is 0 Å². The average molecular weight is 250 g/mol. The highest BCUT2D eigenvalue weighted by atomic mass is 15.0. The van der Waals surface area contributed by atoms with E-state index in [0.29, 0.717) is 5.41 Å². The van der Waals surface area contributed by atoms with Crippen LogP contribution in [0, 0.1) is 11.3 Å². The summed E-state index contributed by atoms with van der Waals surface area (Å²) in [5, 5.41) is 7.75. The van der Waals surface area contributed by atoms with Gasteiger partial charge in [-0.05, 0) is 62.8 Å². The molecule has 0 aromatic rings. The van der Waals surface area contributed by atoms with Gasteiger partial charge >= 0.3 is 0 Å². The van der Waals surface area contributed by atoms with E-state index in [0.717, 1.165) is 24.0 Å². The molecular formula is C16H30N2. The maximum absolute atomic E-state index is 4.02. The van der Waals surface area contributed by atoms with Crippen LogP contribution in [0.25, 0.3) is 0 Å². The van der Waals surface area contributed by atoms with Crippen molar-refractivity contribution in [3.63, 3.8) is 0 Å². The Labute approximate surface area is 112 Å². The van der Waals surface area contributed by atoms with E-state index in [9.17, 15) is 0 Å². The smallest absolute Gasteiger partial charge is 0.0113 e. The molecule has 2 N–H and O–H groups in total. The molecule has 2 aliphatic carbocycles. The lowest BCUT2D eigenvalue weighted by atomic mass is 9.90. The van der Waals surface area contributed by atoms with Gasteiger partial charge in [-0.2, -0.15) is 0 Å². The zero-order valence-corrected chi connectivity index (χ0v) is 12.2. The van der Waals surface area contributed by atoms with E-state index in [2.05, 4.69) is 24.5 Å². The van der Waals surface area contributed by atoms with Gasteiger partial charge in [0.2, 0.25) is 0 Å². The van der Waals surface area contributed by atoms with Gasteiger partial charge < -0.3 is 10.6 Å². The van der Waals surface area contributed by atoms with Crippen molar-refractivity contribution in [1.82, 2.24) is 10.6 Å². The molecule has 4 unspecified atom stereocenters. The zero-order chi connectivity index (χ0) is 12.6. The van der Waals surface area contributed by atoms with Crippen molar-refractivity contribution in [2.24, 2.45) is 11.3 Å². The third kappa shape index (κ3) is 2.75. The summed E-state index contributed by atoms with van der Waals surface area (Å²) in [6, 6.07) is 2.42. The summed E-state index contributed by atoms with van der Waals surface area (Å²) in [4.78, 5) is 0. The first-order chi connectivity index (χ1) is 8.64. The van der Waals surface area contributed by atoms with Gasteiger partial charge in [0.15, 0.2) is 0 Å². The Hall–Kier alpha value is -0.0800. The van der Waals surface area contributed by atoms with Gasteiger partial charge in [-0.25, -0.2) is 0 Å². The molecular weight excluding hydrogens is 220 g/mol. The van der Waals surface area contributed by atoms with Crippen LogP contribution in [0.1, 0.15) is 65.2 Å². The minimum atomic E-state index is 0.581. The lowest BCUT2D eigenvalue weighted by molar-refractivity contribution is 0.286. The summed E-state index contributed by atoms with van der Waals surface area (Å²) >= 11 is 0. The molecule has 2 nitrogen and oxygen atoms in total. The quantitative estimate of drug-likeness (QED) is 0.804. The minimum absolute atomic E-state index is 0.581. The molecule has 0 radical (unpaired) electrons. The highest BCUT2D eigenvalue weighted by molar-refractivity contribution is 4.96. The fraction of sp³-hybridized carbons (Fsp3) is 1.00. The predicted molar refractivity (Wildman–Crippen MR) is 76.7 cm³/mol. The molecule has 1 saturated heterocycles. The Kier molecular flexibility index (Phi) is 3.68. The standard InChI is InChI=1S/C16H30N2/c1-16(2)9-8-12(11-16)18-15-6-3-5-13(15)14-7-4-10-17-14/h12-15,17-18H,3-11H2,1-2H3. The molecule has 0 aromatic heterocycles. The largest absolute Gasteiger partial charge is 0.314 e. The summed E-state index contributed by atoms with van der Waals surface area (Å²) in [5.41, 5.74) is 0.581. The number of rotatable bonds is 3. The summed E-state index contributed by atoms with van der Waals surface area (Å²) in [6.07, 6.45) is 11.3. The topological polar surface area (TPSA) is 24.1 Å². The molecule has 4 atom stereocenters. The van der Waals surface area contributed by atoms with Crippen molar-refractivity contribution < 1.29 is 0 Å². The maximum atomic E-state index is 4.02. The van der Waals surface area contributed by atoms with Gasteiger partial charge in [-0.1, -0.05) is 20.3 Å². The van der Waals surface area contributed by atoms with E-state index in [1.165, 1.54) is 57.9 Å². The van der Waals surface area contributed by atoms with Crippen molar-refractivity contribution in [2.75, 3.05) is 6.54 Å². The van der Waals surface area contributed by atoms with Gasteiger partial charge in [0.25, 0.3) is 0 Å². The molecule has 0 bridgehead atoms. The Morgan fingerprint density at radius 1 is 1.06 bits per heavy atom. The number of hydrogen-bond acceptors (Lipinski definition) is 2. The molecule has 0 spiro atoms. The Morgan fingerprint density at radius 3 is 2.61 bits per heavy atom. The third-order valence-corrected chi connectivity index (χ3v) is 5.60. The minimum Gasteiger partial charge on any atom is -0.314 e. The Bertz CT molecular complexity index is 281. The maximum Gasteiger partial charge on any atom is 0.0113 e. The molecule has 2 heteroatoms. The fourth-order valence-electron chi connectivity index (χ4n) is 4.64. The van der Waals surface area contributed by atoms with E-state index in [1.807, 2.05) is 0 Å². The second-order valence-corrected chi connectivity index (χ2v) is 7.67. The molecule has 2 saturated carbocycles. The van der Waals surface area contributed by atoms with Crippen LogP contribution >= 0.6 is 0 Å². The van der Waals surface area contributed by atoms with Crippen molar-refractivity contribution in [3.8, 4) is 0 Å². The Morgan fingerprint density at radius 2 is 1.94 bits per heavy atom. The van der Waals surface area contributed by atoms with Crippen LogP contribution in [0.15, 0.2) is 0 Å². The van der Waals surface area contributed by atoms with Crippen molar-refractivity contribution in [2.45, 2.75) is 83.3 Å². The fourth-order valence-corrected chi connectivity index (χ4v) is 4.64. The molecule has 3 rings (SSSR count). The SMILES string of the molecule is CC1(C)CCC(NC2CCCC2C2CCCN2)C1. The Balaban J connectivity index is 1.55. The van der Waals surface area contributed by atoms with Crippen LogP contribution < -0.4 is 10.6 Å². The third-order valence-electron chi connectivity index (χ3n) is 5.60. The molecule has 104 valence electrons. The molecule has 3 aliphatic rings. The molecule has 0 amide bonds. The predicted octanol–water partition coefficient (Wildman–Crippen LogP) is 3.08. The van der Waals surface area contributed by atoms with Gasteiger partial charge in [0, 0.05) is 18.1 Å². The van der Waals surface area contributed by atoms with E-state index >= 15 is 0 Å². The van der Waals surface area contributed by atoms with E-state index in [-0.39, 0.29) is 0 Å². The zero-order valence-electron chi connectivity index (χ0n) is 12.2. The summed E-state index contributed by atoms with van der Waals surface area (Å²) in [6.45, 7) is 6.11. The second-order valence-electron chi connectivity index (χ2n) is 7.67. The normalized spacial score (nSPS) is 43.7. The first kappa shape index (κ1) is 12.9. The van der Waals surface area contributed by atoms with Gasteiger partial charge in [0.1, 0.15) is 0 Å². The second kappa shape index (κ2) is 5.13. The van der Waals surface area contributed by atoms with Crippen LogP contribution in [-0.2, 0) is 0 Å². The molecule has 1 aliphatic heterocycles. The van der Waals surface area contributed by atoms with Crippen LogP contribution in [-0.4, -0.2) is 24.7 Å². The van der Waals surface area contributed by atoms with E-state index < -0.39 is 0 Å².